The van der Waals surface area contributed by atoms with E-state index < -0.39 is 5.97 Å². The molecule has 2 aliphatic carbocycles. The van der Waals surface area contributed by atoms with Gasteiger partial charge in [-0.3, -0.25) is 0 Å². The molecule has 0 aliphatic heterocycles. The summed E-state index contributed by atoms with van der Waals surface area (Å²) in [5.41, 5.74) is 1.42. The first-order valence-corrected chi connectivity index (χ1v) is 5.85. The highest BCUT2D eigenvalue weighted by atomic mass is 16.4. The summed E-state index contributed by atoms with van der Waals surface area (Å²) in [4.78, 5) is 13.1. The maximum Gasteiger partial charge on any atom is 0.0715 e. The van der Waals surface area contributed by atoms with Crippen molar-refractivity contribution >= 4 is 11.7 Å². The van der Waals surface area contributed by atoms with Crippen LogP contribution in [0.15, 0.2) is 24.3 Å². The monoisotopic (exact) mass is 216 g/mol. The van der Waals surface area contributed by atoms with Crippen molar-refractivity contribution in [2.45, 2.75) is 37.8 Å². The fourth-order valence-corrected chi connectivity index (χ4v) is 2.19. The van der Waals surface area contributed by atoms with E-state index >= 15 is 0 Å². The zero-order valence-electron chi connectivity index (χ0n) is 9.06. The molecule has 0 bridgehead atoms. The molecule has 1 aromatic rings. The van der Waals surface area contributed by atoms with Gasteiger partial charge < -0.3 is 14.8 Å². The molecule has 3 heteroatoms. The lowest BCUT2D eigenvalue weighted by molar-refractivity contribution is -0.255. The van der Waals surface area contributed by atoms with Crippen molar-refractivity contribution in [2.75, 3.05) is 4.90 Å². The van der Waals surface area contributed by atoms with Gasteiger partial charge in [0.1, 0.15) is 0 Å². The molecular formula is C13H14NO2-. The van der Waals surface area contributed by atoms with Crippen LogP contribution < -0.4 is 10.0 Å². The second-order valence-corrected chi connectivity index (χ2v) is 4.70. The van der Waals surface area contributed by atoms with E-state index in [-0.39, 0.29) is 5.56 Å². The largest absolute Gasteiger partial charge is 0.545 e. The van der Waals surface area contributed by atoms with Crippen LogP contribution in [0.2, 0.25) is 0 Å². The van der Waals surface area contributed by atoms with Gasteiger partial charge in [0.25, 0.3) is 0 Å². The number of carbonyl (C=O) groups excluding carboxylic acids is 1. The Morgan fingerprint density at radius 3 is 1.94 bits per heavy atom. The molecule has 3 nitrogen and oxygen atoms in total. The maximum absolute atomic E-state index is 10.6. The lowest BCUT2D eigenvalue weighted by atomic mass is 10.2. The SMILES string of the molecule is O=C([O-])c1ccc(N(C2CC2)C2CC2)cc1. The minimum atomic E-state index is -1.10. The van der Waals surface area contributed by atoms with Gasteiger partial charge >= 0.3 is 0 Å². The lowest BCUT2D eigenvalue weighted by Gasteiger charge is -2.24. The summed E-state index contributed by atoms with van der Waals surface area (Å²) in [6, 6.07) is 8.48. The third kappa shape index (κ3) is 1.77. The summed E-state index contributed by atoms with van der Waals surface area (Å²) >= 11 is 0. The lowest BCUT2D eigenvalue weighted by Crippen LogP contribution is -2.28. The third-order valence-electron chi connectivity index (χ3n) is 3.28. The topological polar surface area (TPSA) is 43.4 Å². The first-order valence-electron chi connectivity index (χ1n) is 5.85. The number of hydrogen-bond acceptors (Lipinski definition) is 3. The van der Waals surface area contributed by atoms with Crippen molar-refractivity contribution < 1.29 is 9.90 Å². The van der Waals surface area contributed by atoms with Crippen LogP contribution in [0.3, 0.4) is 0 Å². The highest BCUT2D eigenvalue weighted by Gasteiger charge is 2.38. The Labute approximate surface area is 94.7 Å². The molecule has 1 aromatic carbocycles. The van der Waals surface area contributed by atoms with E-state index in [1.54, 1.807) is 12.1 Å². The minimum absolute atomic E-state index is 0.260. The molecule has 2 fully saturated rings. The van der Waals surface area contributed by atoms with E-state index in [2.05, 4.69) is 4.90 Å². The Morgan fingerprint density at radius 1 is 1.06 bits per heavy atom. The van der Waals surface area contributed by atoms with Crippen LogP contribution in [-0.4, -0.2) is 18.1 Å². The molecule has 0 spiro atoms. The highest BCUT2D eigenvalue weighted by Crippen LogP contribution is 2.40. The van der Waals surface area contributed by atoms with Gasteiger partial charge in [0.2, 0.25) is 0 Å². The van der Waals surface area contributed by atoms with Gasteiger partial charge in [-0.1, -0.05) is 12.1 Å². The molecule has 84 valence electrons. The fraction of sp³-hybridized carbons (Fsp3) is 0.462. The van der Waals surface area contributed by atoms with Gasteiger partial charge in [0.15, 0.2) is 0 Å². The van der Waals surface area contributed by atoms with E-state index in [0.29, 0.717) is 12.1 Å². The average molecular weight is 216 g/mol. The van der Waals surface area contributed by atoms with Crippen molar-refractivity contribution in [3.05, 3.63) is 29.8 Å². The Hall–Kier alpha value is -1.51. The molecule has 3 rings (SSSR count). The van der Waals surface area contributed by atoms with Crippen LogP contribution in [-0.2, 0) is 0 Å². The minimum Gasteiger partial charge on any atom is -0.545 e. The first kappa shape index (κ1) is 9.70. The zero-order valence-corrected chi connectivity index (χ0v) is 9.06. The third-order valence-corrected chi connectivity index (χ3v) is 3.28. The predicted octanol–water partition coefficient (Wildman–Crippen LogP) is 1.18. The molecule has 0 heterocycles. The number of carbonyl (C=O) groups is 1. The van der Waals surface area contributed by atoms with Gasteiger partial charge in [0.05, 0.1) is 5.97 Å². The highest BCUT2D eigenvalue weighted by molar-refractivity contribution is 5.86. The van der Waals surface area contributed by atoms with Gasteiger partial charge in [0, 0.05) is 17.8 Å². The summed E-state index contributed by atoms with van der Waals surface area (Å²) in [7, 11) is 0. The standard InChI is InChI=1S/C13H15NO2/c15-13(16)9-1-3-10(4-2-9)14(11-5-6-11)12-7-8-12/h1-4,11-12H,5-8H2,(H,15,16)/p-1. The van der Waals surface area contributed by atoms with Crippen molar-refractivity contribution in [1.29, 1.82) is 0 Å². The van der Waals surface area contributed by atoms with E-state index in [1.165, 1.54) is 25.7 Å². The summed E-state index contributed by atoms with van der Waals surface area (Å²) in [5, 5.41) is 10.6. The Bertz CT molecular complexity index is 392. The van der Waals surface area contributed by atoms with Crippen LogP contribution in [0.25, 0.3) is 0 Å². The molecule has 0 saturated heterocycles. The number of carboxylic acids is 1. The Kier molecular flexibility index (Phi) is 2.13. The number of anilines is 1. The summed E-state index contributed by atoms with van der Waals surface area (Å²) in [6.45, 7) is 0. The van der Waals surface area contributed by atoms with Gasteiger partial charge in [-0.25, -0.2) is 0 Å². The molecule has 2 aliphatic rings. The second-order valence-electron chi connectivity index (χ2n) is 4.70. The number of nitrogens with zero attached hydrogens (tertiary/aromatic N) is 1. The summed E-state index contributed by atoms with van der Waals surface area (Å²) in [5.74, 6) is -1.10. The molecule has 0 aromatic heterocycles. The molecule has 0 atom stereocenters. The molecule has 2 saturated carbocycles. The zero-order chi connectivity index (χ0) is 11.1. The maximum atomic E-state index is 10.6. The Morgan fingerprint density at radius 2 is 1.56 bits per heavy atom. The fourth-order valence-electron chi connectivity index (χ4n) is 2.19. The van der Waals surface area contributed by atoms with E-state index in [4.69, 9.17) is 0 Å². The molecule has 0 radical (unpaired) electrons. The number of benzene rings is 1. The number of rotatable bonds is 4. The molecular weight excluding hydrogens is 202 g/mol. The van der Waals surface area contributed by atoms with Gasteiger partial charge in [-0.2, -0.15) is 0 Å². The van der Waals surface area contributed by atoms with Crippen molar-refractivity contribution in [1.82, 2.24) is 0 Å². The van der Waals surface area contributed by atoms with Crippen LogP contribution in [0.5, 0.6) is 0 Å². The van der Waals surface area contributed by atoms with Crippen LogP contribution in [0, 0.1) is 0 Å². The van der Waals surface area contributed by atoms with Gasteiger partial charge in [-0.05, 0) is 43.4 Å². The molecule has 0 N–H and O–H groups in total. The average Bonchev–Trinajstić information content (AvgIpc) is 3.13. The second kappa shape index (κ2) is 3.51. The predicted molar refractivity (Wildman–Crippen MR) is 59.3 cm³/mol. The number of aromatic carboxylic acids is 1. The molecule has 16 heavy (non-hydrogen) atoms. The van der Waals surface area contributed by atoms with E-state index in [0.717, 1.165) is 5.69 Å². The quantitative estimate of drug-likeness (QED) is 0.759. The number of carboxylic acid groups (broad SMARTS) is 1. The van der Waals surface area contributed by atoms with E-state index in [9.17, 15) is 9.90 Å². The summed E-state index contributed by atoms with van der Waals surface area (Å²) in [6.07, 6.45) is 5.11. The smallest absolute Gasteiger partial charge is 0.0715 e. The Balaban J connectivity index is 1.84. The van der Waals surface area contributed by atoms with Crippen molar-refractivity contribution in [2.24, 2.45) is 0 Å². The van der Waals surface area contributed by atoms with Crippen LogP contribution in [0.4, 0.5) is 5.69 Å². The van der Waals surface area contributed by atoms with Crippen LogP contribution >= 0.6 is 0 Å². The summed E-state index contributed by atoms with van der Waals surface area (Å²) < 4.78 is 0. The van der Waals surface area contributed by atoms with Crippen LogP contribution in [0.1, 0.15) is 36.0 Å². The molecule has 0 unspecified atom stereocenters. The number of hydrogen-bond donors (Lipinski definition) is 0. The van der Waals surface area contributed by atoms with Crippen molar-refractivity contribution in [3.8, 4) is 0 Å². The van der Waals surface area contributed by atoms with Gasteiger partial charge in [-0.15, -0.1) is 0 Å². The van der Waals surface area contributed by atoms with Crippen molar-refractivity contribution in [3.63, 3.8) is 0 Å². The van der Waals surface area contributed by atoms with E-state index in [1.807, 2.05) is 12.1 Å². The first-order chi connectivity index (χ1) is 7.75. The molecule has 0 amide bonds. The normalized spacial score (nSPS) is 19.5.